The summed E-state index contributed by atoms with van der Waals surface area (Å²) in [7, 11) is 1.51. The summed E-state index contributed by atoms with van der Waals surface area (Å²) in [4.78, 5) is 12.4. The average molecular weight is 248 g/mol. The van der Waals surface area contributed by atoms with Crippen LogP contribution in [-0.4, -0.2) is 13.1 Å². The molecule has 0 aliphatic heterocycles. The molecular formula is C16H24O2. The van der Waals surface area contributed by atoms with E-state index in [-0.39, 0.29) is 16.8 Å². The van der Waals surface area contributed by atoms with Crippen LogP contribution in [0.2, 0.25) is 0 Å². The molecule has 0 heterocycles. The Kier molecular flexibility index (Phi) is 3.39. The number of carbonyl (C=O) groups excluding carboxylic acids is 1. The van der Waals surface area contributed by atoms with Gasteiger partial charge in [0.1, 0.15) is 0 Å². The standard InChI is InChI=1S/C16H24O2/c1-12-7-10-16(11-8-12,14(17)18-4)15(3)9-5-6-13(15)2/h7H,2,5-6,8-11H2,1,3-4H3/t15-,16+/m0/s1. The van der Waals surface area contributed by atoms with Gasteiger partial charge in [-0.15, -0.1) is 0 Å². The lowest BCUT2D eigenvalue weighted by Crippen LogP contribution is -2.47. The van der Waals surface area contributed by atoms with E-state index in [1.807, 2.05) is 0 Å². The molecular weight excluding hydrogens is 224 g/mol. The zero-order valence-electron chi connectivity index (χ0n) is 11.8. The van der Waals surface area contributed by atoms with Crippen LogP contribution in [0, 0.1) is 10.8 Å². The van der Waals surface area contributed by atoms with E-state index in [9.17, 15) is 4.79 Å². The van der Waals surface area contributed by atoms with Gasteiger partial charge in [-0.1, -0.05) is 30.7 Å². The van der Waals surface area contributed by atoms with Gasteiger partial charge in [0.2, 0.25) is 0 Å². The summed E-state index contributed by atoms with van der Waals surface area (Å²) in [6, 6.07) is 0. The molecule has 0 unspecified atom stereocenters. The molecule has 0 radical (unpaired) electrons. The molecule has 2 nitrogen and oxygen atoms in total. The van der Waals surface area contributed by atoms with Crippen LogP contribution in [0.15, 0.2) is 23.8 Å². The molecule has 2 aliphatic rings. The lowest BCUT2D eigenvalue weighted by atomic mass is 9.56. The number of ether oxygens (including phenoxy) is 1. The molecule has 0 amide bonds. The highest BCUT2D eigenvalue weighted by Crippen LogP contribution is 2.59. The van der Waals surface area contributed by atoms with E-state index in [4.69, 9.17) is 4.74 Å². The summed E-state index contributed by atoms with van der Waals surface area (Å²) in [6.07, 6.45) is 8.19. The van der Waals surface area contributed by atoms with E-state index in [0.717, 1.165) is 38.5 Å². The Hall–Kier alpha value is -1.05. The summed E-state index contributed by atoms with van der Waals surface area (Å²) in [5.74, 6) is -0.0446. The van der Waals surface area contributed by atoms with Crippen LogP contribution in [0.25, 0.3) is 0 Å². The molecule has 0 aromatic carbocycles. The summed E-state index contributed by atoms with van der Waals surface area (Å²) in [5, 5.41) is 0. The van der Waals surface area contributed by atoms with Gasteiger partial charge in [0.15, 0.2) is 0 Å². The van der Waals surface area contributed by atoms with Gasteiger partial charge in [-0.05, 0) is 45.4 Å². The first-order valence-electron chi connectivity index (χ1n) is 6.88. The molecule has 2 atom stereocenters. The maximum Gasteiger partial charge on any atom is 0.313 e. The topological polar surface area (TPSA) is 26.3 Å². The van der Waals surface area contributed by atoms with Crippen molar-refractivity contribution in [3.63, 3.8) is 0 Å². The van der Waals surface area contributed by atoms with E-state index in [1.165, 1.54) is 18.3 Å². The quantitative estimate of drug-likeness (QED) is 0.545. The fourth-order valence-corrected chi connectivity index (χ4v) is 3.76. The van der Waals surface area contributed by atoms with Gasteiger partial charge < -0.3 is 4.74 Å². The zero-order valence-corrected chi connectivity index (χ0v) is 11.8. The van der Waals surface area contributed by atoms with E-state index < -0.39 is 0 Å². The van der Waals surface area contributed by atoms with Crippen molar-refractivity contribution in [2.75, 3.05) is 7.11 Å². The van der Waals surface area contributed by atoms with Gasteiger partial charge in [0.05, 0.1) is 12.5 Å². The lowest BCUT2D eigenvalue weighted by molar-refractivity contribution is -0.160. The van der Waals surface area contributed by atoms with Gasteiger partial charge in [0.25, 0.3) is 0 Å². The zero-order chi connectivity index (χ0) is 13.4. The fourth-order valence-electron chi connectivity index (χ4n) is 3.76. The molecule has 1 fully saturated rings. The molecule has 0 spiro atoms. The number of hydrogen-bond donors (Lipinski definition) is 0. The molecule has 2 aliphatic carbocycles. The molecule has 0 aromatic heterocycles. The summed E-state index contributed by atoms with van der Waals surface area (Å²) in [5.41, 5.74) is 2.16. The van der Waals surface area contributed by atoms with Crippen molar-refractivity contribution in [1.29, 1.82) is 0 Å². The van der Waals surface area contributed by atoms with Gasteiger partial charge >= 0.3 is 5.97 Å². The number of esters is 1. The van der Waals surface area contributed by atoms with E-state index in [2.05, 4.69) is 26.5 Å². The van der Waals surface area contributed by atoms with Crippen LogP contribution in [0.4, 0.5) is 0 Å². The van der Waals surface area contributed by atoms with Crippen LogP contribution in [-0.2, 0) is 9.53 Å². The third-order valence-corrected chi connectivity index (χ3v) is 5.31. The van der Waals surface area contributed by atoms with Crippen LogP contribution >= 0.6 is 0 Å². The number of hydrogen-bond acceptors (Lipinski definition) is 2. The normalized spacial score (nSPS) is 36.4. The minimum absolute atomic E-state index is 0.0446. The Labute approximate surface area is 110 Å². The van der Waals surface area contributed by atoms with Gasteiger partial charge in [-0.25, -0.2) is 0 Å². The molecule has 0 bridgehead atoms. The maximum atomic E-state index is 12.4. The minimum Gasteiger partial charge on any atom is -0.469 e. The molecule has 0 N–H and O–H groups in total. The molecule has 100 valence electrons. The van der Waals surface area contributed by atoms with Crippen LogP contribution in [0.1, 0.15) is 52.4 Å². The Morgan fingerprint density at radius 3 is 2.56 bits per heavy atom. The van der Waals surface area contributed by atoms with E-state index >= 15 is 0 Å². The largest absolute Gasteiger partial charge is 0.469 e. The third kappa shape index (κ3) is 1.73. The second-order valence-electron chi connectivity index (χ2n) is 6.12. The Morgan fingerprint density at radius 2 is 2.11 bits per heavy atom. The Balaban J connectivity index is 2.43. The number of methoxy groups -OCH3 is 1. The Morgan fingerprint density at radius 1 is 1.39 bits per heavy atom. The second-order valence-corrected chi connectivity index (χ2v) is 6.12. The summed E-state index contributed by atoms with van der Waals surface area (Å²) < 4.78 is 5.14. The molecule has 18 heavy (non-hydrogen) atoms. The summed E-state index contributed by atoms with van der Waals surface area (Å²) in [6.45, 7) is 8.60. The monoisotopic (exact) mass is 248 g/mol. The highest BCUT2D eigenvalue weighted by Gasteiger charge is 2.56. The van der Waals surface area contributed by atoms with Crippen molar-refractivity contribution in [3.8, 4) is 0 Å². The van der Waals surface area contributed by atoms with Crippen molar-refractivity contribution in [2.24, 2.45) is 10.8 Å². The fraction of sp³-hybridized carbons (Fsp3) is 0.688. The molecule has 0 aromatic rings. The maximum absolute atomic E-state index is 12.4. The van der Waals surface area contributed by atoms with Gasteiger partial charge in [0, 0.05) is 5.41 Å². The Bertz CT molecular complexity index is 407. The third-order valence-electron chi connectivity index (χ3n) is 5.31. The van der Waals surface area contributed by atoms with Crippen LogP contribution in [0.3, 0.4) is 0 Å². The number of rotatable bonds is 2. The number of carbonyl (C=O) groups is 1. The predicted molar refractivity (Wildman–Crippen MR) is 73.2 cm³/mol. The summed E-state index contributed by atoms with van der Waals surface area (Å²) >= 11 is 0. The molecule has 0 saturated heterocycles. The molecule has 1 saturated carbocycles. The van der Waals surface area contributed by atoms with Gasteiger partial charge in [-0.3, -0.25) is 4.79 Å². The van der Waals surface area contributed by atoms with Crippen molar-refractivity contribution >= 4 is 5.97 Å². The first-order valence-corrected chi connectivity index (χ1v) is 6.88. The lowest BCUT2D eigenvalue weighted by Gasteiger charge is -2.47. The SMILES string of the molecule is C=C1CCC[C@]1(C)[C@]1(C(=O)OC)CC=C(C)CC1. The first kappa shape index (κ1) is 13.4. The van der Waals surface area contributed by atoms with Crippen molar-refractivity contribution < 1.29 is 9.53 Å². The van der Waals surface area contributed by atoms with Crippen molar-refractivity contribution in [3.05, 3.63) is 23.8 Å². The molecule has 2 heteroatoms. The predicted octanol–water partition coefficient (Wildman–Crippen LogP) is 4.02. The first-order chi connectivity index (χ1) is 8.46. The highest BCUT2D eigenvalue weighted by atomic mass is 16.5. The van der Waals surface area contributed by atoms with E-state index in [0.29, 0.717) is 0 Å². The smallest absolute Gasteiger partial charge is 0.313 e. The van der Waals surface area contributed by atoms with Crippen molar-refractivity contribution in [2.45, 2.75) is 52.4 Å². The van der Waals surface area contributed by atoms with Crippen LogP contribution < -0.4 is 0 Å². The van der Waals surface area contributed by atoms with Gasteiger partial charge in [-0.2, -0.15) is 0 Å². The molecule has 2 rings (SSSR count). The second kappa shape index (κ2) is 4.56. The minimum atomic E-state index is -0.380. The highest BCUT2D eigenvalue weighted by molar-refractivity contribution is 5.79. The van der Waals surface area contributed by atoms with Crippen molar-refractivity contribution in [1.82, 2.24) is 0 Å². The van der Waals surface area contributed by atoms with E-state index in [1.54, 1.807) is 0 Å². The number of allylic oxidation sites excluding steroid dienone is 3. The average Bonchev–Trinajstić information content (AvgIpc) is 2.71. The van der Waals surface area contributed by atoms with Crippen LogP contribution in [0.5, 0.6) is 0 Å².